The van der Waals surface area contributed by atoms with Crippen LogP contribution in [0.1, 0.15) is 22.3 Å². The highest BCUT2D eigenvalue weighted by Crippen LogP contribution is 2.47. The van der Waals surface area contributed by atoms with Gasteiger partial charge in [0, 0.05) is 29.3 Å². The van der Waals surface area contributed by atoms with Gasteiger partial charge in [-0.25, -0.2) is 0 Å². The highest BCUT2D eigenvalue weighted by Gasteiger charge is 2.30. The summed E-state index contributed by atoms with van der Waals surface area (Å²) in [6, 6.07) is 48.7. The summed E-state index contributed by atoms with van der Waals surface area (Å²) in [5.74, 6) is 3.13. The van der Waals surface area contributed by atoms with Crippen molar-refractivity contribution in [1.82, 2.24) is 0 Å². The van der Waals surface area contributed by atoms with Crippen LogP contribution in [0.15, 0.2) is 140 Å². The molecule has 5 heteroatoms. The summed E-state index contributed by atoms with van der Waals surface area (Å²) in [6.07, 6.45) is 1.35. The van der Waals surface area contributed by atoms with Gasteiger partial charge in [-0.3, -0.25) is 0 Å². The molecule has 0 saturated heterocycles. The summed E-state index contributed by atoms with van der Waals surface area (Å²) in [5, 5.41) is 3.57. The van der Waals surface area contributed by atoms with Crippen LogP contribution in [0.3, 0.4) is 0 Å². The minimum atomic E-state index is -1.06. The van der Waals surface area contributed by atoms with Gasteiger partial charge in [-0.2, -0.15) is 0 Å². The minimum Gasteiger partial charge on any atom is -0.496 e. The van der Waals surface area contributed by atoms with E-state index in [1.807, 2.05) is 12.1 Å². The average molecular weight is 639 g/mol. The second-order valence-corrected chi connectivity index (χ2v) is 13.3. The predicted molar refractivity (Wildman–Crippen MR) is 195 cm³/mol. The summed E-state index contributed by atoms with van der Waals surface area (Å²) < 4.78 is 24.8. The van der Waals surface area contributed by atoms with Crippen molar-refractivity contribution in [3.8, 4) is 34.1 Å². The van der Waals surface area contributed by atoms with Crippen LogP contribution in [0.5, 0.6) is 23.0 Å². The van der Waals surface area contributed by atoms with E-state index in [0.717, 1.165) is 50.6 Å². The van der Waals surface area contributed by atoms with Gasteiger partial charge < -0.3 is 18.9 Å². The fraction of sp³-hybridized carbons (Fsp3) is 0.143. The van der Waals surface area contributed by atoms with Crippen molar-refractivity contribution in [3.63, 3.8) is 0 Å². The maximum absolute atomic E-state index is 6.47. The third-order valence-electron chi connectivity index (χ3n) is 8.36. The Morgan fingerprint density at radius 1 is 0.447 bits per heavy atom. The molecule has 0 fully saturated rings. The van der Waals surface area contributed by atoms with Gasteiger partial charge in [0.15, 0.2) is 0 Å². The van der Waals surface area contributed by atoms with E-state index in [-0.39, 0.29) is 0 Å². The van der Waals surface area contributed by atoms with Crippen LogP contribution in [0, 0.1) is 0 Å². The quantitative estimate of drug-likeness (QED) is 0.126. The molecule has 236 valence electrons. The van der Waals surface area contributed by atoms with E-state index in [2.05, 4.69) is 127 Å². The van der Waals surface area contributed by atoms with Crippen molar-refractivity contribution < 1.29 is 18.9 Å². The molecule has 6 aromatic rings. The summed E-state index contributed by atoms with van der Waals surface area (Å²) in [6.45, 7) is 0. The van der Waals surface area contributed by atoms with E-state index in [4.69, 9.17) is 18.9 Å². The van der Waals surface area contributed by atoms with Gasteiger partial charge in [-0.05, 0) is 59.0 Å². The Bertz CT molecular complexity index is 1850. The number of rotatable bonds is 12. The summed E-state index contributed by atoms with van der Waals surface area (Å²) in [5.41, 5.74) is 6.35. The Balaban J connectivity index is 1.66. The Kier molecular flexibility index (Phi) is 10.2. The van der Waals surface area contributed by atoms with Crippen molar-refractivity contribution in [2.24, 2.45) is 0 Å². The molecule has 0 bridgehead atoms. The zero-order valence-corrected chi connectivity index (χ0v) is 28.2. The average Bonchev–Trinajstić information content (AvgIpc) is 3.13. The second-order valence-electron chi connectivity index (χ2n) is 11.2. The largest absolute Gasteiger partial charge is 0.496 e. The van der Waals surface area contributed by atoms with Crippen LogP contribution in [0.2, 0.25) is 0 Å². The normalized spacial score (nSPS) is 10.9. The molecule has 6 rings (SSSR count). The molecule has 0 amide bonds. The van der Waals surface area contributed by atoms with E-state index < -0.39 is 7.92 Å². The van der Waals surface area contributed by atoms with Gasteiger partial charge in [0.1, 0.15) is 23.0 Å². The van der Waals surface area contributed by atoms with Gasteiger partial charge in [-0.15, -0.1) is 0 Å². The van der Waals surface area contributed by atoms with Crippen molar-refractivity contribution >= 4 is 23.8 Å². The lowest BCUT2D eigenvalue weighted by molar-refractivity contribution is 0.386. The number of hydrogen-bond donors (Lipinski definition) is 0. The first-order valence-corrected chi connectivity index (χ1v) is 17.0. The lowest BCUT2D eigenvalue weighted by atomic mass is 9.95. The van der Waals surface area contributed by atoms with Crippen LogP contribution in [0.25, 0.3) is 11.1 Å². The first kappa shape index (κ1) is 31.9. The number of benzene rings is 6. The third kappa shape index (κ3) is 6.89. The molecular weight excluding hydrogens is 599 g/mol. The van der Waals surface area contributed by atoms with Crippen LogP contribution in [0.4, 0.5) is 0 Å². The monoisotopic (exact) mass is 638 g/mol. The first-order valence-electron chi connectivity index (χ1n) is 15.7. The molecule has 0 heterocycles. The zero-order valence-electron chi connectivity index (χ0n) is 27.3. The Hall–Kier alpha value is -5.05. The minimum absolute atomic E-state index is 0.663. The van der Waals surface area contributed by atoms with Gasteiger partial charge >= 0.3 is 0 Å². The van der Waals surface area contributed by atoms with E-state index in [0.29, 0.717) is 12.8 Å². The van der Waals surface area contributed by atoms with Crippen molar-refractivity contribution in [2.75, 3.05) is 28.4 Å². The molecule has 0 unspecified atom stereocenters. The van der Waals surface area contributed by atoms with Gasteiger partial charge in [0.25, 0.3) is 0 Å². The number of methoxy groups -OCH3 is 4. The Morgan fingerprint density at radius 3 is 1.28 bits per heavy atom. The van der Waals surface area contributed by atoms with E-state index in [1.54, 1.807) is 28.4 Å². The lowest BCUT2D eigenvalue weighted by Crippen LogP contribution is -2.25. The smallest absolute Gasteiger partial charge is 0.135 e. The molecule has 0 aliphatic carbocycles. The topological polar surface area (TPSA) is 36.9 Å². The van der Waals surface area contributed by atoms with Gasteiger partial charge in [-0.1, -0.05) is 121 Å². The summed E-state index contributed by atoms with van der Waals surface area (Å²) >= 11 is 0. The van der Waals surface area contributed by atoms with Crippen LogP contribution >= 0.6 is 7.92 Å². The van der Waals surface area contributed by atoms with Crippen LogP contribution in [-0.4, -0.2) is 28.4 Å². The molecule has 0 aromatic heterocycles. The van der Waals surface area contributed by atoms with Gasteiger partial charge in [0.05, 0.1) is 28.4 Å². The molecule has 0 radical (unpaired) electrons. The summed E-state index contributed by atoms with van der Waals surface area (Å²) in [4.78, 5) is 0. The molecule has 6 aromatic carbocycles. The fourth-order valence-corrected chi connectivity index (χ4v) is 8.77. The second kappa shape index (κ2) is 15.0. The molecule has 0 spiro atoms. The molecule has 0 aliphatic heterocycles. The van der Waals surface area contributed by atoms with E-state index in [1.165, 1.54) is 21.7 Å². The molecule has 0 saturated carbocycles. The van der Waals surface area contributed by atoms with Crippen molar-refractivity contribution in [3.05, 3.63) is 162 Å². The molecular formula is C42H39O4P. The molecule has 4 nitrogen and oxygen atoms in total. The van der Waals surface area contributed by atoms with Crippen LogP contribution < -0.4 is 34.9 Å². The zero-order chi connectivity index (χ0) is 32.6. The summed E-state index contributed by atoms with van der Waals surface area (Å²) in [7, 11) is 5.88. The van der Waals surface area contributed by atoms with Gasteiger partial charge in [0.2, 0.25) is 0 Å². The fourth-order valence-electron chi connectivity index (χ4n) is 6.15. The first-order chi connectivity index (χ1) is 23.1. The van der Waals surface area contributed by atoms with Crippen LogP contribution in [-0.2, 0) is 12.8 Å². The predicted octanol–water partition coefficient (Wildman–Crippen LogP) is 8.33. The van der Waals surface area contributed by atoms with Crippen molar-refractivity contribution in [2.45, 2.75) is 12.8 Å². The maximum atomic E-state index is 6.47. The SMILES string of the molecule is COc1cc(-c2cc(OC)c(Cc3ccccc3)c(OC)c2P(c2ccccc2)c2ccccc2)cc(OC)c1Cc1ccccc1. The van der Waals surface area contributed by atoms with E-state index >= 15 is 0 Å². The highest BCUT2D eigenvalue weighted by atomic mass is 31.1. The number of ether oxygens (including phenoxy) is 4. The molecule has 0 aliphatic rings. The lowest BCUT2D eigenvalue weighted by Gasteiger charge is -2.28. The molecule has 0 atom stereocenters. The molecule has 47 heavy (non-hydrogen) atoms. The van der Waals surface area contributed by atoms with Crippen molar-refractivity contribution in [1.29, 1.82) is 0 Å². The third-order valence-corrected chi connectivity index (χ3v) is 10.9. The standard InChI is InChI=1S/C42H39O4P/c1-43-38-27-32(28-39(44-2)36(38)25-30-17-9-5-10-18-30)35-29-40(45-3)37(26-31-19-11-6-12-20-31)41(46-4)42(35)47(33-21-13-7-14-22-33)34-23-15-8-16-24-34/h5-24,27-29H,25-26H2,1-4H3. The highest BCUT2D eigenvalue weighted by molar-refractivity contribution is 7.80. The number of hydrogen-bond acceptors (Lipinski definition) is 4. The molecule has 0 N–H and O–H groups in total. The Labute approximate surface area is 279 Å². The van der Waals surface area contributed by atoms with E-state index in [9.17, 15) is 0 Å². The Morgan fingerprint density at radius 2 is 0.851 bits per heavy atom. The maximum Gasteiger partial charge on any atom is 0.135 e.